The van der Waals surface area contributed by atoms with E-state index in [4.69, 9.17) is 4.74 Å². The van der Waals surface area contributed by atoms with Gasteiger partial charge in [0.05, 0.1) is 13.2 Å². The molecule has 0 heterocycles. The summed E-state index contributed by atoms with van der Waals surface area (Å²) >= 11 is 0. The normalized spacial score (nSPS) is 19.8. The average Bonchev–Trinajstić information content (AvgIpc) is 2.38. The predicted molar refractivity (Wildman–Crippen MR) is 66.4 cm³/mol. The first kappa shape index (κ1) is 12.9. The molecule has 0 fully saturated rings. The molecule has 18 heavy (non-hydrogen) atoms. The van der Waals surface area contributed by atoms with Gasteiger partial charge in [-0.25, -0.2) is 4.79 Å². The summed E-state index contributed by atoms with van der Waals surface area (Å²) in [7, 11) is 1.33. The van der Waals surface area contributed by atoms with Crippen molar-refractivity contribution in [2.24, 2.45) is 0 Å². The molecule has 1 aliphatic rings. The molecule has 2 atom stereocenters. The molecule has 98 valence electrons. The van der Waals surface area contributed by atoms with Crippen LogP contribution in [0.25, 0.3) is 0 Å². The van der Waals surface area contributed by atoms with E-state index in [1.165, 1.54) is 7.11 Å². The number of esters is 1. The van der Waals surface area contributed by atoms with Gasteiger partial charge in [-0.05, 0) is 49.4 Å². The lowest BCUT2D eigenvalue weighted by molar-refractivity contribution is -0.147. The van der Waals surface area contributed by atoms with Crippen molar-refractivity contribution in [1.29, 1.82) is 0 Å². The van der Waals surface area contributed by atoms with E-state index in [0.717, 1.165) is 30.4 Å². The molecule has 1 aliphatic carbocycles. The number of methoxy groups -OCH3 is 1. The number of benzene rings is 1. The maximum absolute atomic E-state index is 11.3. The van der Waals surface area contributed by atoms with Crippen LogP contribution in [-0.4, -0.2) is 24.3 Å². The number of aryl methyl sites for hydroxylation is 1. The second-order valence-corrected chi connectivity index (χ2v) is 4.55. The van der Waals surface area contributed by atoms with Crippen LogP contribution in [0.2, 0.25) is 0 Å². The van der Waals surface area contributed by atoms with Gasteiger partial charge in [-0.1, -0.05) is 6.07 Å². The van der Waals surface area contributed by atoms with Gasteiger partial charge < -0.3 is 14.6 Å². The van der Waals surface area contributed by atoms with E-state index in [9.17, 15) is 9.90 Å². The third kappa shape index (κ3) is 2.64. The number of carbonyl (C=O) groups is 1. The van der Waals surface area contributed by atoms with Gasteiger partial charge >= 0.3 is 5.97 Å². The zero-order valence-electron chi connectivity index (χ0n) is 10.7. The summed E-state index contributed by atoms with van der Waals surface area (Å²) in [5.74, 6) is 0.181. The Kier molecular flexibility index (Phi) is 3.87. The number of rotatable bonds is 3. The van der Waals surface area contributed by atoms with Gasteiger partial charge in [0.15, 0.2) is 6.10 Å². The minimum absolute atomic E-state index is 0.409. The van der Waals surface area contributed by atoms with Gasteiger partial charge in [-0.2, -0.15) is 0 Å². The van der Waals surface area contributed by atoms with Crippen molar-refractivity contribution in [2.45, 2.75) is 38.4 Å². The van der Waals surface area contributed by atoms with Gasteiger partial charge in [0.1, 0.15) is 5.75 Å². The Labute approximate surface area is 107 Å². The van der Waals surface area contributed by atoms with Crippen molar-refractivity contribution in [3.8, 4) is 5.75 Å². The highest BCUT2D eigenvalue weighted by molar-refractivity contribution is 5.74. The van der Waals surface area contributed by atoms with Crippen LogP contribution in [-0.2, 0) is 16.0 Å². The zero-order chi connectivity index (χ0) is 13.1. The molecule has 0 saturated carbocycles. The smallest absolute Gasteiger partial charge is 0.346 e. The lowest BCUT2D eigenvalue weighted by Gasteiger charge is -2.22. The number of aliphatic hydroxyl groups is 1. The lowest BCUT2D eigenvalue weighted by atomic mass is 9.89. The Morgan fingerprint density at radius 2 is 2.28 bits per heavy atom. The summed E-state index contributed by atoms with van der Waals surface area (Å²) < 4.78 is 10.1. The van der Waals surface area contributed by atoms with Gasteiger partial charge in [0.2, 0.25) is 0 Å². The molecule has 0 radical (unpaired) electrons. The highest BCUT2D eigenvalue weighted by Gasteiger charge is 2.20. The van der Waals surface area contributed by atoms with Gasteiger partial charge in [-0.3, -0.25) is 0 Å². The number of aliphatic hydroxyl groups excluding tert-OH is 1. The number of hydrogen-bond acceptors (Lipinski definition) is 4. The summed E-state index contributed by atoms with van der Waals surface area (Å²) in [6, 6.07) is 5.60. The van der Waals surface area contributed by atoms with Crippen molar-refractivity contribution in [1.82, 2.24) is 0 Å². The van der Waals surface area contributed by atoms with Crippen LogP contribution in [0.15, 0.2) is 18.2 Å². The van der Waals surface area contributed by atoms with E-state index in [1.807, 2.05) is 18.2 Å². The summed E-state index contributed by atoms with van der Waals surface area (Å²) in [5, 5.41) is 9.93. The van der Waals surface area contributed by atoms with Crippen molar-refractivity contribution < 1.29 is 19.4 Å². The second kappa shape index (κ2) is 5.40. The third-order valence-electron chi connectivity index (χ3n) is 3.25. The second-order valence-electron chi connectivity index (χ2n) is 4.55. The molecule has 0 saturated heterocycles. The molecule has 0 aromatic heterocycles. The molecule has 1 aromatic carbocycles. The molecule has 0 bridgehead atoms. The number of carbonyl (C=O) groups excluding carboxylic acids is 1. The average molecular weight is 250 g/mol. The molecule has 1 unspecified atom stereocenters. The Hall–Kier alpha value is -1.55. The maximum Gasteiger partial charge on any atom is 0.346 e. The minimum Gasteiger partial charge on any atom is -0.479 e. The summed E-state index contributed by atoms with van der Waals surface area (Å²) in [4.78, 5) is 11.3. The van der Waals surface area contributed by atoms with Gasteiger partial charge in [0.25, 0.3) is 0 Å². The predicted octanol–water partition coefficient (Wildman–Crippen LogP) is 2.00. The summed E-state index contributed by atoms with van der Waals surface area (Å²) in [6.07, 6.45) is 1.70. The number of ether oxygens (including phenoxy) is 2. The summed E-state index contributed by atoms with van der Waals surface area (Å²) in [6.45, 7) is 1.64. The van der Waals surface area contributed by atoms with Gasteiger partial charge in [-0.15, -0.1) is 0 Å². The molecule has 0 spiro atoms. The molecule has 1 aromatic rings. The summed E-state index contributed by atoms with van der Waals surface area (Å²) in [5.41, 5.74) is 2.07. The zero-order valence-corrected chi connectivity index (χ0v) is 10.7. The SMILES string of the molecule is COC(=O)C(C)Oc1ccc2c(c1)[C@@H](O)CCC2. The standard InChI is InChI=1S/C14H18O4/c1-9(14(16)17-2)18-11-7-6-10-4-3-5-13(15)12(10)8-11/h6-9,13,15H,3-5H2,1-2H3/t9?,13-/m0/s1. The van der Waals surface area contributed by atoms with E-state index >= 15 is 0 Å². The fraction of sp³-hybridized carbons (Fsp3) is 0.500. The lowest BCUT2D eigenvalue weighted by Crippen LogP contribution is -2.25. The maximum atomic E-state index is 11.3. The highest BCUT2D eigenvalue weighted by atomic mass is 16.6. The first-order valence-corrected chi connectivity index (χ1v) is 6.17. The van der Waals surface area contributed by atoms with Crippen molar-refractivity contribution in [3.63, 3.8) is 0 Å². The van der Waals surface area contributed by atoms with E-state index < -0.39 is 18.2 Å². The fourth-order valence-electron chi connectivity index (χ4n) is 2.24. The fourth-order valence-corrected chi connectivity index (χ4v) is 2.24. The monoisotopic (exact) mass is 250 g/mol. The highest BCUT2D eigenvalue weighted by Crippen LogP contribution is 2.32. The minimum atomic E-state index is -0.645. The van der Waals surface area contributed by atoms with Crippen LogP contribution in [0.3, 0.4) is 0 Å². The Balaban J connectivity index is 2.15. The molecule has 4 heteroatoms. The van der Waals surface area contributed by atoms with Crippen LogP contribution in [0, 0.1) is 0 Å². The molecule has 4 nitrogen and oxygen atoms in total. The largest absolute Gasteiger partial charge is 0.479 e. The van der Waals surface area contributed by atoms with E-state index in [2.05, 4.69) is 4.74 Å². The van der Waals surface area contributed by atoms with Crippen LogP contribution in [0.1, 0.15) is 37.0 Å². The van der Waals surface area contributed by atoms with Crippen LogP contribution < -0.4 is 4.74 Å². The quantitative estimate of drug-likeness (QED) is 0.834. The van der Waals surface area contributed by atoms with E-state index in [0.29, 0.717) is 5.75 Å². The first-order valence-electron chi connectivity index (χ1n) is 6.17. The van der Waals surface area contributed by atoms with Crippen molar-refractivity contribution in [2.75, 3.05) is 7.11 Å². The molecular weight excluding hydrogens is 232 g/mol. The van der Waals surface area contributed by atoms with E-state index in [1.54, 1.807) is 6.92 Å². The van der Waals surface area contributed by atoms with Crippen LogP contribution >= 0.6 is 0 Å². The molecule has 0 aliphatic heterocycles. The van der Waals surface area contributed by atoms with Crippen molar-refractivity contribution >= 4 is 5.97 Å². The Morgan fingerprint density at radius 1 is 1.50 bits per heavy atom. The molecule has 1 N–H and O–H groups in total. The molecule has 2 rings (SSSR count). The molecule has 0 amide bonds. The van der Waals surface area contributed by atoms with Crippen LogP contribution in [0.4, 0.5) is 0 Å². The van der Waals surface area contributed by atoms with Crippen LogP contribution in [0.5, 0.6) is 5.75 Å². The topological polar surface area (TPSA) is 55.8 Å². The number of hydrogen-bond donors (Lipinski definition) is 1. The van der Waals surface area contributed by atoms with E-state index in [-0.39, 0.29) is 0 Å². The van der Waals surface area contributed by atoms with Crippen molar-refractivity contribution in [3.05, 3.63) is 29.3 Å². The number of fused-ring (bicyclic) bond motifs is 1. The third-order valence-corrected chi connectivity index (χ3v) is 3.25. The van der Waals surface area contributed by atoms with Gasteiger partial charge in [0, 0.05) is 0 Å². The molecular formula is C14H18O4. The Morgan fingerprint density at radius 3 is 3.00 bits per heavy atom. The first-order chi connectivity index (χ1) is 8.61. The Bertz CT molecular complexity index is 441.